The molecule has 0 aliphatic carbocycles. The Balaban J connectivity index is 1.56. The van der Waals surface area contributed by atoms with E-state index in [-0.39, 0.29) is 23.8 Å². The van der Waals surface area contributed by atoms with Gasteiger partial charge in [0, 0.05) is 32.8 Å². The normalized spacial score (nSPS) is 21.1. The predicted molar refractivity (Wildman–Crippen MR) is 128 cm³/mol. The van der Waals surface area contributed by atoms with Crippen LogP contribution in [-0.4, -0.2) is 67.6 Å². The summed E-state index contributed by atoms with van der Waals surface area (Å²) in [4.78, 5) is 30.1. The van der Waals surface area contributed by atoms with Crippen LogP contribution in [0.4, 0.5) is 0 Å². The molecule has 33 heavy (non-hydrogen) atoms. The minimum Gasteiger partial charge on any atom is -0.497 e. The third-order valence-corrected chi connectivity index (χ3v) is 6.42. The smallest absolute Gasteiger partial charge is 0.251 e. The van der Waals surface area contributed by atoms with Gasteiger partial charge in [0.1, 0.15) is 11.9 Å². The van der Waals surface area contributed by atoms with Crippen LogP contribution in [0.3, 0.4) is 0 Å². The predicted octanol–water partition coefficient (Wildman–Crippen LogP) is 3.56. The van der Waals surface area contributed by atoms with E-state index in [4.69, 9.17) is 9.47 Å². The number of benzene rings is 2. The van der Waals surface area contributed by atoms with Gasteiger partial charge >= 0.3 is 0 Å². The molecule has 2 aliphatic rings. The second-order valence-corrected chi connectivity index (χ2v) is 8.69. The van der Waals surface area contributed by atoms with Gasteiger partial charge in [-0.2, -0.15) is 0 Å². The van der Waals surface area contributed by atoms with Crippen LogP contribution in [0.2, 0.25) is 0 Å². The molecule has 2 atom stereocenters. The molecule has 2 amide bonds. The molecule has 0 aromatic heterocycles. The van der Waals surface area contributed by atoms with Crippen LogP contribution in [-0.2, 0) is 20.7 Å². The van der Waals surface area contributed by atoms with Crippen LogP contribution < -0.4 is 4.74 Å². The molecule has 2 heterocycles. The van der Waals surface area contributed by atoms with E-state index >= 15 is 0 Å². The van der Waals surface area contributed by atoms with Gasteiger partial charge in [0.05, 0.1) is 13.0 Å². The summed E-state index contributed by atoms with van der Waals surface area (Å²) in [7, 11) is 1.66. The fourth-order valence-electron chi connectivity index (χ4n) is 4.68. The first kappa shape index (κ1) is 23.1. The number of methoxy groups -OCH3 is 1. The molecule has 0 N–H and O–H groups in total. The van der Waals surface area contributed by atoms with E-state index in [1.807, 2.05) is 46.2 Å². The van der Waals surface area contributed by atoms with Gasteiger partial charge in [-0.25, -0.2) is 0 Å². The fraction of sp³-hybridized carbons (Fsp3) is 0.407. The van der Waals surface area contributed by atoms with Crippen molar-refractivity contribution in [2.24, 2.45) is 5.92 Å². The molecule has 174 valence electrons. The van der Waals surface area contributed by atoms with Crippen molar-refractivity contribution in [2.45, 2.75) is 25.4 Å². The second kappa shape index (κ2) is 10.7. The van der Waals surface area contributed by atoms with Crippen molar-refractivity contribution in [3.8, 4) is 16.9 Å². The highest BCUT2D eigenvalue weighted by atomic mass is 16.5. The summed E-state index contributed by atoms with van der Waals surface area (Å²) in [6.07, 6.45) is 3.61. The van der Waals surface area contributed by atoms with E-state index in [1.165, 1.54) is 0 Å². The molecule has 2 aliphatic heterocycles. The minimum absolute atomic E-state index is 0.0101. The third-order valence-electron chi connectivity index (χ3n) is 6.42. The Bertz CT molecular complexity index is 999. The van der Waals surface area contributed by atoms with Crippen LogP contribution in [0.25, 0.3) is 11.1 Å². The summed E-state index contributed by atoms with van der Waals surface area (Å²) in [5, 5.41) is 0. The molecule has 0 bridgehead atoms. The summed E-state index contributed by atoms with van der Waals surface area (Å²) in [6.45, 7) is 6.37. The van der Waals surface area contributed by atoms with Gasteiger partial charge in [-0.15, -0.1) is 6.58 Å². The van der Waals surface area contributed by atoms with E-state index in [0.29, 0.717) is 39.2 Å². The van der Waals surface area contributed by atoms with E-state index in [9.17, 15) is 9.59 Å². The molecular weight excluding hydrogens is 416 g/mol. The Labute approximate surface area is 195 Å². The van der Waals surface area contributed by atoms with Crippen LogP contribution in [0.15, 0.2) is 61.2 Å². The van der Waals surface area contributed by atoms with Gasteiger partial charge in [-0.1, -0.05) is 42.5 Å². The lowest BCUT2D eigenvalue weighted by molar-refractivity contribution is -0.141. The van der Waals surface area contributed by atoms with Gasteiger partial charge < -0.3 is 19.3 Å². The lowest BCUT2D eigenvalue weighted by atomic mass is 9.94. The number of nitrogens with zero attached hydrogens (tertiary/aromatic N) is 2. The highest BCUT2D eigenvalue weighted by Crippen LogP contribution is 2.26. The maximum absolute atomic E-state index is 13.4. The first-order chi connectivity index (χ1) is 16.1. The number of hydrogen-bond acceptors (Lipinski definition) is 4. The first-order valence-corrected chi connectivity index (χ1v) is 11.6. The highest BCUT2D eigenvalue weighted by molar-refractivity contribution is 5.84. The lowest BCUT2D eigenvalue weighted by Gasteiger charge is -2.25. The lowest BCUT2D eigenvalue weighted by Crippen LogP contribution is -2.42. The SMILES string of the molecule is C=CCN1CCN(C(=O)[C@H]2CCCO2)C[C@@H](Cc2cccc(-c3cccc(OC)c3)c2)C1=O. The maximum Gasteiger partial charge on any atom is 0.251 e. The van der Waals surface area contributed by atoms with E-state index < -0.39 is 0 Å². The molecule has 0 spiro atoms. The summed E-state index contributed by atoms with van der Waals surface area (Å²) in [5.74, 6) is 0.582. The molecule has 2 aromatic carbocycles. The van der Waals surface area contributed by atoms with Crippen LogP contribution >= 0.6 is 0 Å². The zero-order valence-corrected chi connectivity index (χ0v) is 19.2. The Hall–Kier alpha value is -3.12. The molecular formula is C27H32N2O4. The van der Waals surface area contributed by atoms with Crippen LogP contribution in [0.5, 0.6) is 5.75 Å². The molecule has 0 saturated carbocycles. The minimum atomic E-state index is -0.372. The topological polar surface area (TPSA) is 59.1 Å². The van der Waals surface area contributed by atoms with Crippen LogP contribution in [0, 0.1) is 5.92 Å². The monoisotopic (exact) mass is 448 g/mol. The summed E-state index contributed by atoms with van der Waals surface area (Å²) in [5.41, 5.74) is 3.20. The fourth-order valence-corrected chi connectivity index (χ4v) is 4.68. The standard InChI is InChI=1S/C27H32N2O4/c1-3-12-28-13-14-29(27(31)25-11-6-15-33-25)19-23(26(28)30)17-20-7-4-8-21(16-20)22-9-5-10-24(18-22)32-2/h3-5,7-10,16,18,23,25H,1,6,11-15,17,19H2,2H3/t23-,25-/m1/s1. The molecule has 2 saturated heterocycles. The number of amides is 2. The average Bonchev–Trinajstić information content (AvgIpc) is 3.34. The molecule has 0 unspecified atom stereocenters. The Morgan fingerprint density at radius 1 is 1.18 bits per heavy atom. The summed E-state index contributed by atoms with van der Waals surface area (Å²) >= 11 is 0. The molecule has 6 nitrogen and oxygen atoms in total. The molecule has 2 aromatic rings. The highest BCUT2D eigenvalue weighted by Gasteiger charge is 2.35. The van der Waals surface area contributed by atoms with Crippen molar-refractivity contribution in [3.05, 3.63) is 66.7 Å². The van der Waals surface area contributed by atoms with E-state index in [1.54, 1.807) is 13.2 Å². The molecule has 4 rings (SSSR count). The van der Waals surface area contributed by atoms with E-state index in [2.05, 4.69) is 18.7 Å². The average molecular weight is 449 g/mol. The first-order valence-electron chi connectivity index (χ1n) is 11.6. The number of rotatable bonds is 7. The van der Waals surface area contributed by atoms with Crippen LogP contribution in [0.1, 0.15) is 18.4 Å². The zero-order chi connectivity index (χ0) is 23.2. The maximum atomic E-state index is 13.4. The second-order valence-electron chi connectivity index (χ2n) is 8.69. The summed E-state index contributed by atoms with van der Waals surface area (Å²) in [6, 6.07) is 16.2. The van der Waals surface area contributed by atoms with Crippen molar-refractivity contribution >= 4 is 11.8 Å². The van der Waals surface area contributed by atoms with Gasteiger partial charge in [0.15, 0.2) is 0 Å². The Morgan fingerprint density at radius 3 is 2.70 bits per heavy atom. The quantitative estimate of drug-likeness (QED) is 0.608. The Kier molecular flexibility index (Phi) is 7.45. The van der Waals surface area contributed by atoms with Crippen molar-refractivity contribution in [1.82, 2.24) is 9.80 Å². The molecule has 6 heteroatoms. The van der Waals surface area contributed by atoms with Crippen molar-refractivity contribution < 1.29 is 19.1 Å². The number of ether oxygens (including phenoxy) is 2. The number of carbonyl (C=O) groups excluding carboxylic acids is 2. The third kappa shape index (κ3) is 5.45. The van der Waals surface area contributed by atoms with Crippen molar-refractivity contribution in [3.63, 3.8) is 0 Å². The van der Waals surface area contributed by atoms with Crippen molar-refractivity contribution in [1.29, 1.82) is 0 Å². The largest absolute Gasteiger partial charge is 0.497 e. The molecule has 2 fully saturated rings. The summed E-state index contributed by atoms with van der Waals surface area (Å²) < 4.78 is 11.0. The van der Waals surface area contributed by atoms with Gasteiger partial charge in [-0.3, -0.25) is 9.59 Å². The van der Waals surface area contributed by atoms with Gasteiger partial charge in [-0.05, 0) is 48.1 Å². The van der Waals surface area contributed by atoms with Gasteiger partial charge in [0.2, 0.25) is 5.91 Å². The number of hydrogen-bond donors (Lipinski definition) is 0. The number of carbonyl (C=O) groups is 2. The molecule has 0 radical (unpaired) electrons. The zero-order valence-electron chi connectivity index (χ0n) is 19.2. The van der Waals surface area contributed by atoms with E-state index in [0.717, 1.165) is 35.3 Å². The van der Waals surface area contributed by atoms with Gasteiger partial charge in [0.25, 0.3) is 5.91 Å². The Morgan fingerprint density at radius 2 is 1.97 bits per heavy atom. The van der Waals surface area contributed by atoms with Crippen molar-refractivity contribution in [2.75, 3.05) is 39.9 Å².